The first-order valence-corrected chi connectivity index (χ1v) is 10.1. The monoisotopic (exact) mass is 432 g/mol. The van der Waals surface area contributed by atoms with Crippen LogP contribution in [-0.2, 0) is 6.18 Å². The van der Waals surface area contributed by atoms with Gasteiger partial charge in [0.2, 0.25) is 11.7 Å². The van der Waals surface area contributed by atoms with Crippen LogP contribution in [-0.4, -0.2) is 51.4 Å². The van der Waals surface area contributed by atoms with Crippen LogP contribution in [0.3, 0.4) is 0 Å². The Morgan fingerprint density at radius 3 is 2.84 bits per heavy atom. The lowest BCUT2D eigenvalue weighted by Crippen LogP contribution is -2.40. The standard InChI is InChI=1S/C21H23F3N6O/c1-14(29(2)13-17-8-5-11-30(17)18-9-4-10-25-27-18)20-26-19(28-31-20)15-6-3-7-16(12-15)21(22,23)24/h3-4,6-7,9-10,12,14,17H,5,8,11,13H2,1-2H3. The molecular weight excluding hydrogens is 409 g/mol. The van der Waals surface area contributed by atoms with Crippen molar-refractivity contribution in [3.05, 3.63) is 54.0 Å². The molecule has 0 amide bonds. The van der Waals surface area contributed by atoms with Gasteiger partial charge in [0.25, 0.3) is 0 Å². The van der Waals surface area contributed by atoms with Crippen molar-refractivity contribution in [1.29, 1.82) is 0 Å². The summed E-state index contributed by atoms with van der Waals surface area (Å²) in [7, 11) is 1.96. The van der Waals surface area contributed by atoms with Crippen molar-refractivity contribution in [2.24, 2.45) is 0 Å². The van der Waals surface area contributed by atoms with E-state index in [2.05, 4.69) is 30.1 Å². The number of anilines is 1. The second-order valence-corrected chi connectivity index (χ2v) is 7.72. The fourth-order valence-corrected chi connectivity index (χ4v) is 3.81. The van der Waals surface area contributed by atoms with Crippen LogP contribution >= 0.6 is 0 Å². The predicted molar refractivity (Wildman–Crippen MR) is 108 cm³/mol. The number of rotatable bonds is 6. The summed E-state index contributed by atoms with van der Waals surface area (Å²) in [6.07, 6.45) is -0.663. The molecule has 3 heterocycles. The SMILES string of the molecule is CC(c1nc(-c2cccc(C(F)(F)F)c2)no1)N(C)CC1CCCN1c1cccnn1. The average molecular weight is 432 g/mol. The minimum Gasteiger partial charge on any atom is -0.351 e. The predicted octanol–water partition coefficient (Wildman–Crippen LogP) is 4.21. The Hall–Kier alpha value is -3.01. The van der Waals surface area contributed by atoms with E-state index in [0.717, 1.165) is 43.9 Å². The first-order chi connectivity index (χ1) is 14.8. The van der Waals surface area contributed by atoms with Crippen molar-refractivity contribution in [2.75, 3.05) is 25.0 Å². The van der Waals surface area contributed by atoms with Gasteiger partial charge in [0.15, 0.2) is 5.82 Å². The van der Waals surface area contributed by atoms with Gasteiger partial charge < -0.3 is 9.42 Å². The van der Waals surface area contributed by atoms with Crippen LogP contribution in [0.1, 0.15) is 37.3 Å². The Labute approximate surface area is 177 Å². The van der Waals surface area contributed by atoms with E-state index in [0.29, 0.717) is 5.89 Å². The second-order valence-electron chi connectivity index (χ2n) is 7.72. The van der Waals surface area contributed by atoms with Crippen LogP contribution in [0.25, 0.3) is 11.4 Å². The molecule has 31 heavy (non-hydrogen) atoms. The van der Waals surface area contributed by atoms with Crippen molar-refractivity contribution in [3.63, 3.8) is 0 Å². The van der Waals surface area contributed by atoms with Gasteiger partial charge in [0.1, 0.15) is 0 Å². The highest BCUT2D eigenvalue weighted by molar-refractivity contribution is 5.55. The van der Waals surface area contributed by atoms with Crippen LogP contribution < -0.4 is 4.90 Å². The van der Waals surface area contributed by atoms with Gasteiger partial charge in [-0.15, -0.1) is 5.10 Å². The van der Waals surface area contributed by atoms with Crippen molar-refractivity contribution in [3.8, 4) is 11.4 Å². The molecule has 10 heteroatoms. The number of likely N-dealkylation sites (N-methyl/N-ethyl adjacent to an activating group) is 1. The first kappa shape index (κ1) is 21.2. The largest absolute Gasteiger partial charge is 0.416 e. The van der Waals surface area contributed by atoms with E-state index >= 15 is 0 Å². The maximum absolute atomic E-state index is 13.0. The lowest BCUT2D eigenvalue weighted by Gasteiger charge is -2.31. The summed E-state index contributed by atoms with van der Waals surface area (Å²) in [4.78, 5) is 8.70. The summed E-state index contributed by atoms with van der Waals surface area (Å²) in [6.45, 7) is 3.61. The van der Waals surface area contributed by atoms with E-state index in [9.17, 15) is 13.2 Å². The zero-order valence-electron chi connectivity index (χ0n) is 17.3. The molecule has 0 N–H and O–H groups in total. The molecule has 0 spiro atoms. The quantitative estimate of drug-likeness (QED) is 0.578. The number of hydrogen-bond donors (Lipinski definition) is 0. The zero-order valence-corrected chi connectivity index (χ0v) is 17.3. The van der Waals surface area contributed by atoms with Crippen LogP contribution in [0.4, 0.5) is 19.0 Å². The molecule has 2 aromatic heterocycles. The van der Waals surface area contributed by atoms with Gasteiger partial charge in [-0.3, -0.25) is 4.90 Å². The van der Waals surface area contributed by atoms with Gasteiger partial charge in [0, 0.05) is 30.9 Å². The molecule has 7 nitrogen and oxygen atoms in total. The third-order valence-electron chi connectivity index (χ3n) is 5.64. The third kappa shape index (κ3) is 4.68. The maximum Gasteiger partial charge on any atom is 0.416 e. The second kappa shape index (κ2) is 8.62. The first-order valence-electron chi connectivity index (χ1n) is 10.1. The number of halogens is 3. The molecule has 1 aliphatic heterocycles. The average Bonchev–Trinajstić information content (AvgIpc) is 3.43. The maximum atomic E-state index is 13.0. The summed E-state index contributed by atoms with van der Waals surface area (Å²) in [6, 6.07) is 8.82. The molecule has 1 fully saturated rings. The number of nitrogens with zero attached hydrogens (tertiary/aromatic N) is 6. The van der Waals surface area contributed by atoms with Crippen LogP contribution in [0, 0.1) is 0 Å². The summed E-state index contributed by atoms with van der Waals surface area (Å²) in [5, 5.41) is 12.1. The molecule has 1 aromatic carbocycles. The van der Waals surface area contributed by atoms with Crippen molar-refractivity contribution < 1.29 is 17.7 Å². The lowest BCUT2D eigenvalue weighted by molar-refractivity contribution is -0.137. The highest BCUT2D eigenvalue weighted by Crippen LogP contribution is 2.32. The highest BCUT2D eigenvalue weighted by Gasteiger charge is 2.32. The van der Waals surface area contributed by atoms with E-state index in [1.54, 1.807) is 6.20 Å². The van der Waals surface area contributed by atoms with Gasteiger partial charge in [-0.2, -0.15) is 23.3 Å². The number of aromatic nitrogens is 4. The molecule has 3 aromatic rings. The van der Waals surface area contributed by atoms with Crippen LogP contribution in [0.2, 0.25) is 0 Å². The molecule has 2 unspecified atom stereocenters. The van der Waals surface area contributed by atoms with Crippen molar-refractivity contribution >= 4 is 5.82 Å². The Balaban J connectivity index is 1.45. The Morgan fingerprint density at radius 1 is 1.26 bits per heavy atom. The number of benzene rings is 1. The Kier molecular flexibility index (Phi) is 5.90. The molecule has 0 saturated carbocycles. The number of hydrogen-bond acceptors (Lipinski definition) is 7. The van der Waals surface area contributed by atoms with Gasteiger partial charge >= 0.3 is 6.18 Å². The minimum absolute atomic E-state index is 0.142. The van der Waals surface area contributed by atoms with E-state index in [4.69, 9.17) is 4.52 Å². The summed E-state index contributed by atoms with van der Waals surface area (Å²) in [5.41, 5.74) is -0.476. The van der Waals surface area contributed by atoms with Gasteiger partial charge in [0.05, 0.1) is 11.6 Å². The fraction of sp³-hybridized carbons (Fsp3) is 0.429. The van der Waals surface area contributed by atoms with Gasteiger partial charge in [-0.05, 0) is 51.1 Å². The highest BCUT2D eigenvalue weighted by atomic mass is 19.4. The molecule has 164 valence electrons. The normalized spacial score (nSPS) is 18.0. The molecule has 0 bridgehead atoms. The molecular formula is C21H23F3N6O. The molecule has 0 radical (unpaired) electrons. The van der Waals surface area contributed by atoms with E-state index < -0.39 is 11.7 Å². The topological polar surface area (TPSA) is 71.2 Å². The summed E-state index contributed by atoms with van der Waals surface area (Å²) < 4.78 is 44.3. The van der Waals surface area contributed by atoms with Crippen LogP contribution in [0.5, 0.6) is 0 Å². The van der Waals surface area contributed by atoms with Crippen molar-refractivity contribution in [1.82, 2.24) is 25.2 Å². The Morgan fingerprint density at radius 2 is 2.10 bits per heavy atom. The molecule has 1 aliphatic rings. The third-order valence-corrected chi connectivity index (χ3v) is 5.64. The molecule has 4 rings (SSSR count). The Bertz CT molecular complexity index is 1010. The lowest BCUT2D eigenvalue weighted by atomic mass is 10.1. The summed E-state index contributed by atoms with van der Waals surface area (Å²) >= 11 is 0. The van der Waals surface area contributed by atoms with E-state index in [1.165, 1.54) is 12.1 Å². The van der Waals surface area contributed by atoms with Crippen molar-refractivity contribution in [2.45, 2.75) is 38.0 Å². The van der Waals surface area contributed by atoms with E-state index in [-0.39, 0.29) is 23.5 Å². The molecule has 2 atom stereocenters. The summed E-state index contributed by atoms with van der Waals surface area (Å²) in [5.74, 6) is 1.36. The number of alkyl halides is 3. The smallest absolute Gasteiger partial charge is 0.351 e. The van der Waals surface area contributed by atoms with Gasteiger partial charge in [-0.25, -0.2) is 0 Å². The zero-order chi connectivity index (χ0) is 22.0. The fourth-order valence-electron chi connectivity index (χ4n) is 3.81. The van der Waals surface area contributed by atoms with Gasteiger partial charge in [-0.1, -0.05) is 17.3 Å². The van der Waals surface area contributed by atoms with Crippen LogP contribution in [0.15, 0.2) is 47.1 Å². The van der Waals surface area contributed by atoms with E-state index in [1.807, 2.05) is 26.1 Å². The molecule has 0 aliphatic carbocycles. The molecule has 1 saturated heterocycles. The minimum atomic E-state index is -4.42.